The molecule has 128 valence electrons. The maximum Gasteiger partial charge on any atom is 0.224 e. The Hall–Kier alpha value is -0.0300. The average molecular weight is 342 g/mol. The van der Waals surface area contributed by atoms with Gasteiger partial charge in [0, 0.05) is 18.5 Å². The van der Waals surface area contributed by atoms with Gasteiger partial charge in [-0.05, 0) is 52.2 Å². The Morgan fingerprint density at radius 2 is 1.71 bits per heavy atom. The SMILES string of the molecule is CC(N)C(C)C(=O)NCCCCCN1CCCCC1.Cl.Cl. The Morgan fingerprint density at radius 3 is 2.29 bits per heavy atom. The predicted molar refractivity (Wildman–Crippen MR) is 94.5 cm³/mol. The van der Waals surface area contributed by atoms with E-state index < -0.39 is 0 Å². The zero-order chi connectivity index (χ0) is 14.1. The molecule has 1 heterocycles. The highest BCUT2D eigenvalue weighted by Crippen LogP contribution is 2.09. The second kappa shape index (κ2) is 13.6. The van der Waals surface area contributed by atoms with E-state index in [9.17, 15) is 4.79 Å². The molecule has 0 aromatic heterocycles. The van der Waals surface area contributed by atoms with Crippen LogP contribution in [0.4, 0.5) is 0 Å². The Balaban J connectivity index is 0. The first kappa shape index (κ1) is 23.2. The monoisotopic (exact) mass is 341 g/mol. The van der Waals surface area contributed by atoms with Gasteiger partial charge in [-0.25, -0.2) is 0 Å². The van der Waals surface area contributed by atoms with Gasteiger partial charge < -0.3 is 16.0 Å². The third-order valence-electron chi connectivity index (χ3n) is 4.10. The summed E-state index contributed by atoms with van der Waals surface area (Å²) in [5, 5.41) is 2.97. The predicted octanol–water partition coefficient (Wildman–Crippen LogP) is 2.59. The Morgan fingerprint density at radius 1 is 1.10 bits per heavy atom. The number of nitrogens with two attached hydrogens (primary N) is 1. The number of unbranched alkanes of at least 4 members (excludes halogenated alkanes) is 2. The number of piperidine rings is 1. The molecule has 1 amide bonds. The van der Waals surface area contributed by atoms with Crippen molar-refractivity contribution in [2.24, 2.45) is 11.7 Å². The zero-order valence-corrected chi connectivity index (χ0v) is 15.1. The topological polar surface area (TPSA) is 58.4 Å². The molecule has 6 heteroatoms. The summed E-state index contributed by atoms with van der Waals surface area (Å²) in [6.45, 7) is 8.34. The molecule has 0 spiro atoms. The number of likely N-dealkylation sites (tertiary alicyclic amines) is 1. The molecule has 0 aliphatic carbocycles. The van der Waals surface area contributed by atoms with Gasteiger partial charge in [0.1, 0.15) is 0 Å². The van der Waals surface area contributed by atoms with E-state index in [2.05, 4.69) is 10.2 Å². The fourth-order valence-electron chi connectivity index (χ4n) is 2.43. The lowest BCUT2D eigenvalue weighted by Gasteiger charge is -2.26. The Bertz CT molecular complexity index is 259. The van der Waals surface area contributed by atoms with Gasteiger partial charge in [0.05, 0.1) is 0 Å². The molecule has 3 N–H and O–H groups in total. The summed E-state index contributed by atoms with van der Waals surface area (Å²) in [6.07, 6.45) is 7.66. The molecule has 1 saturated heterocycles. The molecule has 1 rings (SSSR count). The first-order chi connectivity index (χ1) is 9.11. The van der Waals surface area contributed by atoms with E-state index in [0.717, 1.165) is 13.0 Å². The Kier molecular flexibility index (Phi) is 15.1. The van der Waals surface area contributed by atoms with Crippen molar-refractivity contribution in [3.8, 4) is 0 Å². The molecule has 0 bridgehead atoms. The molecule has 0 aromatic rings. The van der Waals surface area contributed by atoms with E-state index in [1.807, 2.05) is 13.8 Å². The van der Waals surface area contributed by atoms with Crippen LogP contribution in [0.1, 0.15) is 52.4 Å². The van der Waals surface area contributed by atoms with Gasteiger partial charge in [-0.2, -0.15) is 0 Å². The highest BCUT2D eigenvalue weighted by atomic mass is 35.5. The van der Waals surface area contributed by atoms with Crippen molar-refractivity contribution in [2.45, 2.75) is 58.4 Å². The van der Waals surface area contributed by atoms with Crippen LogP contribution >= 0.6 is 24.8 Å². The van der Waals surface area contributed by atoms with Crippen molar-refractivity contribution in [3.63, 3.8) is 0 Å². The van der Waals surface area contributed by atoms with Crippen molar-refractivity contribution in [3.05, 3.63) is 0 Å². The quantitative estimate of drug-likeness (QED) is 0.667. The average Bonchev–Trinajstić information content (AvgIpc) is 2.42. The smallest absolute Gasteiger partial charge is 0.224 e. The van der Waals surface area contributed by atoms with E-state index >= 15 is 0 Å². The minimum atomic E-state index is -0.0895. The maximum absolute atomic E-state index is 11.7. The molecule has 0 saturated carbocycles. The molecule has 1 fully saturated rings. The second-order valence-corrected chi connectivity index (χ2v) is 5.90. The summed E-state index contributed by atoms with van der Waals surface area (Å²) in [7, 11) is 0. The van der Waals surface area contributed by atoms with Gasteiger partial charge in [-0.15, -0.1) is 24.8 Å². The van der Waals surface area contributed by atoms with Crippen LogP contribution in [0.15, 0.2) is 0 Å². The highest BCUT2D eigenvalue weighted by molar-refractivity contribution is 5.85. The van der Waals surface area contributed by atoms with Gasteiger partial charge in [-0.3, -0.25) is 4.79 Å². The standard InChI is InChI=1S/C15H31N3O.2ClH/c1-13(14(2)16)15(19)17-9-5-3-6-10-18-11-7-4-8-12-18;;/h13-14H,3-12,16H2,1-2H3,(H,17,19);2*1H. The number of nitrogens with zero attached hydrogens (tertiary/aromatic N) is 1. The van der Waals surface area contributed by atoms with E-state index in [0.29, 0.717) is 0 Å². The largest absolute Gasteiger partial charge is 0.356 e. The van der Waals surface area contributed by atoms with Crippen LogP contribution in [0.2, 0.25) is 0 Å². The molecule has 2 atom stereocenters. The molecule has 0 aromatic carbocycles. The van der Waals surface area contributed by atoms with Crippen LogP contribution in [0.25, 0.3) is 0 Å². The summed E-state index contributed by atoms with van der Waals surface area (Å²) in [4.78, 5) is 14.2. The number of rotatable bonds is 8. The third-order valence-corrected chi connectivity index (χ3v) is 4.10. The lowest BCUT2D eigenvalue weighted by Crippen LogP contribution is -2.38. The summed E-state index contributed by atoms with van der Waals surface area (Å²) in [5.74, 6) is -0.000574. The second-order valence-electron chi connectivity index (χ2n) is 5.90. The van der Waals surface area contributed by atoms with Crippen molar-refractivity contribution in [1.29, 1.82) is 0 Å². The number of amides is 1. The van der Waals surface area contributed by atoms with Crippen LogP contribution in [-0.4, -0.2) is 43.0 Å². The number of nitrogens with one attached hydrogen (secondary N) is 1. The zero-order valence-electron chi connectivity index (χ0n) is 13.5. The first-order valence-electron chi connectivity index (χ1n) is 7.87. The number of carbonyl (C=O) groups excluding carboxylic acids is 1. The van der Waals surface area contributed by atoms with Crippen LogP contribution in [0.3, 0.4) is 0 Å². The van der Waals surface area contributed by atoms with Crippen molar-refractivity contribution < 1.29 is 4.79 Å². The molecule has 2 unspecified atom stereocenters. The molecule has 1 aliphatic rings. The van der Waals surface area contributed by atoms with Crippen LogP contribution in [-0.2, 0) is 4.79 Å². The van der Waals surface area contributed by atoms with Crippen molar-refractivity contribution in [2.75, 3.05) is 26.2 Å². The fourth-order valence-corrected chi connectivity index (χ4v) is 2.43. The lowest BCUT2D eigenvalue weighted by molar-refractivity contribution is -0.124. The van der Waals surface area contributed by atoms with Gasteiger partial charge in [0.15, 0.2) is 0 Å². The van der Waals surface area contributed by atoms with E-state index in [-0.39, 0.29) is 42.7 Å². The van der Waals surface area contributed by atoms with Crippen LogP contribution in [0, 0.1) is 5.92 Å². The van der Waals surface area contributed by atoms with Crippen molar-refractivity contribution in [1.82, 2.24) is 10.2 Å². The summed E-state index contributed by atoms with van der Waals surface area (Å²) >= 11 is 0. The molecule has 21 heavy (non-hydrogen) atoms. The number of hydrogen-bond donors (Lipinski definition) is 2. The normalized spacial score (nSPS) is 18.0. The Labute approximate surface area is 142 Å². The molecular weight excluding hydrogens is 309 g/mol. The van der Waals surface area contributed by atoms with E-state index in [1.165, 1.54) is 51.7 Å². The third kappa shape index (κ3) is 10.3. The number of halogens is 2. The van der Waals surface area contributed by atoms with Gasteiger partial charge >= 0.3 is 0 Å². The first-order valence-corrected chi connectivity index (χ1v) is 7.87. The minimum Gasteiger partial charge on any atom is -0.356 e. The molecular formula is C15H33Cl2N3O. The minimum absolute atomic E-state index is 0. The molecule has 1 aliphatic heterocycles. The van der Waals surface area contributed by atoms with Gasteiger partial charge in [0.25, 0.3) is 0 Å². The van der Waals surface area contributed by atoms with E-state index in [1.54, 1.807) is 0 Å². The lowest BCUT2D eigenvalue weighted by atomic mass is 10.0. The number of hydrogen-bond acceptors (Lipinski definition) is 3. The van der Waals surface area contributed by atoms with Crippen molar-refractivity contribution >= 4 is 30.7 Å². The molecule has 4 nitrogen and oxygen atoms in total. The summed E-state index contributed by atoms with van der Waals surface area (Å²) in [5.41, 5.74) is 5.71. The van der Waals surface area contributed by atoms with Crippen LogP contribution < -0.4 is 11.1 Å². The van der Waals surface area contributed by atoms with Gasteiger partial charge in [0.2, 0.25) is 5.91 Å². The fraction of sp³-hybridized carbons (Fsp3) is 0.933. The van der Waals surface area contributed by atoms with E-state index in [4.69, 9.17) is 5.73 Å². The van der Waals surface area contributed by atoms with Gasteiger partial charge in [-0.1, -0.05) is 19.8 Å². The highest BCUT2D eigenvalue weighted by Gasteiger charge is 2.15. The molecule has 0 radical (unpaired) electrons. The number of carbonyl (C=O) groups is 1. The summed E-state index contributed by atoms with van der Waals surface area (Å²) in [6, 6.07) is -0.0703. The maximum atomic E-state index is 11.7. The summed E-state index contributed by atoms with van der Waals surface area (Å²) < 4.78 is 0. The van der Waals surface area contributed by atoms with Crippen LogP contribution in [0.5, 0.6) is 0 Å².